The second-order valence-electron chi connectivity index (χ2n) is 7.19. The predicted octanol–water partition coefficient (Wildman–Crippen LogP) is 6.01. The van der Waals surface area contributed by atoms with Crippen molar-refractivity contribution in [3.63, 3.8) is 0 Å². The molecular formula is C24H23F3O3. The molecule has 0 bridgehead atoms. The van der Waals surface area contributed by atoms with Crippen LogP contribution in [0.1, 0.15) is 34.7 Å². The molecule has 0 aliphatic heterocycles. The molecule has 0 fully saturated rings. The van der Waals surface area contributed by atoms with Crippen LogP contribution in [0.2, 0.25) is 0 Å². The highest BCUT2D eigenvalue weighted by atomic mass is 19.4. The Bertz CT molecular complexity index is 1020. The number of halogens is 3. The van der Waals surface area contributed by atoms with Gasteiger partial charge in [0.05, 0.1) is 6.61 Å². The van der Waals surface area contributed by atoms with Crippen molar-refractivity contribution in [2.45, 2.75) is 32.4 Å². The van der Waals surface area contributed by atoms with Crippen molar-refractivity contribution in [2.75, 3.05) is 6.61 Å². The number of phenols is 2. The maximum atomic E-state index is 15.0. The molecule has 0 spiro atoms. The molecule has 3 rings (SSSR count). The highest BCUT2D eigenvalue weighted by Crippen LogP contribution is 2.53. The number of hydrogen-bond acceptors (Lipinski definition) is 3. The number of phenolic OH excluding ortho intramolecular Hbond substituents is 2. The lowest BCUT2D eigenvalue weighted by Gasteiger charge is -2.38. The van der Waals surface area contributed by atoms with Crippen molar-refractivity contribution in [1.82, 2.24) is 0 Å². The van der Waals surface area contributed by atoms with Gasteiger partial charge in [-0.3, -0.25) is 0 Å². The van der Waals surface area contributed by atoms with Gasteiger partial charge in [-0.15, -0.1) is 0 Å². The van der Waals surface area contributed by atoms with E-state index in [1.165, 1.54) is 42.5 Å². The monoisotopic (exact) mass is 416 g/mol. The van der Waals surface area contributed by atoms with E-state index < -0.39 is 11.6 Å². The standard InChI is InChI=1S/C24H23F3O3/c1-4-30-21-14-18(10-11-20(21)28)23(24(25,26)27,17-8-6-5-7-9-17)19-12-15(2)22(29)16(3)13-19/h5-14,28-29H,4H2,1-3H3. The number of aryl methyl sites for hydroxylation is 2. The summed E-state index contributed by atoms with van der Waals surface area (Å²) in [6.07, 6.45) is -4.73. The summed E-state index contributed by atoms with van der Waals surface area (Å²) in [5.41, 5.74) is -1.93. The zero-order chi connectivity index (χ0) is 22.1. The first-order chi connectivity index (χ1) is 14.1. The molecule has 3 aromatic rings. The number of rotatable bonds is 5. The summed E-state index contributed by atoms with van der Waals surface area (Å²) in [7, 11) is 0. The van der Waals surface area contributed by atoms with Crippen LogP contribution in [0.3, 0.4) is 0 Å². The van der Waals surface area contributed by atoms with Crippen molar-refractivity contribution in [3.05, 3.63) is 88.5 Å². The Morgan fingerprint density at radius 3 is 1.93 bits per heavy atom. The van der Waals surface area contributed by atoms with Crippen LogP contribution in [0.5, 0.6) is 17.2 Å². The normalized spacial score (nSPS) is 13.7. The van der Waals surface area contributed by atoms with E-state index in [4.69, 9.17) is 4.74 Å². The van der Waals surface area contributed by atoms with Gasteiger partial charge in [-0.2, -0.15) is 13.2 Å². The maximum Gasteiger partial charge on any atom is 0.406 e. The summed E-state index contributed by atoms with van der Waals surface area (Å²) >= 11 is 0. The smallest absolute Gasteiger partial charge is 0.406 e. The first-order valence-corrected chi connectivity index (χ1v) is 9.52. The van der Waals surface area contributed by atoms with Crippen LogP contribution >= 0.6 is 0 Å². The van der Waals surface area contributed by atoms with E-state index in [2.05, 4.69) is 0 Å². The van der Waals surface area contributed by atoms with Gasteiger partial charge in [-0.05, 0) is 60.7 Å². The van der Waals surface area contributed by atoms with E-state index in [9.17, 15) is 10.2 Å². The SMILES string of the molecule is CCOc1cc(C(c2ccccc2)(c2cc(C)c(O)c(C)c2)C(F)(F)F)ccc1O. The molecule has 30 heavy (non-hydrogen) atoms. The average molecular weight is 416 g/mol. The minimum absolute atomic E-state index is 0.0215. The third kappa shape index (κ3) is 3.47. The Morgan fingerprint density at radius 2 is 1.40 bits per heavy atom. The van der Waals surface area contributed by atoms with Gasteiger partial charge in [0.2, 0.25) is 0 Å². The lowest BCUT2D eigenvalue weighted by molar-refractivity contribution is -0.166. The molecule has 0 aliphatic rings. The largest absolute Gasteiger partial charge is 0.507 e. The fourth-order valence-corrected chi connectivity index (χ4v) is 3.87. The molecule has 1 unspecified atom stereocenters. The highest BCUT2D eigenvalue weighted by Gasteiger charge is 2.58. The molecule has 1 atom stereocenters. The third-order valence-corrected chi connectivity index (χ3v) is 5.25. The Labute approximate surface area is 173 Å². The topological polar surface area (TPSA) is 49.7 Å². The van der Waals surface area contributed by atoms with E-state index >= 15 is 13.2 Å². The molecule has 0 aliphatic carbocycles. The van der Waals surface area contributed by atoms with Gasteiger partial charge in [-0.25, -0.2) is 0 Å². The highest BCUT2D eigenvalue weighted by molar-refractivity contribution is 5.58. The zero-order valence-corrected chi connectivity index (χ0v) is 16.9. The van der Waals surface area contributed by atoms with Gasteiger partial charge >= 0.3 is 6.18 Å². The molecule has 6 heteroatoms. The Balaban J connectivity index is 2.47. The second-order valence-corrected chi connectivity index (χ2v) is 7.19. The summed E-state index contributed by atoms with van der Waals surface area (Å²) < 4.78 is 50.5. The van der Waals surface area contributed by atoms with E-state index in [-0.39, 0.29) is 40.5 Å². The molecule has 0 saturated carbocycles. The molecule has 0 radical (unpaired) electrons. The summed E-state index contributed by atoms with van der Waals surface area (Å²) in [5, 5.41) is 20.2. The van der Waals surface area contributed by atoms with Crippen LogP contribution in [0, 0.1) is 13.8 Å². The Kier molecular flexibility index (Phi) is 5.70. The van der Waals surface area contributed by atoms with Crippen LogP contribution in [0.25, 0.3) is 0 Å². The quantitative estimate of drug-likeness (QED) is 0.501. The lowest BCUT2D eigenvalue weighted by atomic mass is 9.68. The molecule has 158 valence electrons. The number of ether oxygens (including phenoxy) is 1. The molecule has 0 amide bonds. The molecule has 3 nitrogen and oxygen atoms in total. The van der Waals surface area contributed by atoms with Gasteiger partial charge < -0.3 is 14.9 Å². The van der Waals surface area contributed by atoms with E-state index in [0.29, 0.717) is 11.1 Å². The van der Waals surface area contributed by atoms with Crippen LogP contribution in [0.15, 0.2) is 60.7 Å². The minimum Gasteiger partial charge on any atom is -0.507 e. The van der Waals surface area contributed by atoms with Crippen molar-refractivity contribution in [1.29, 1.82) is 0 Å². The summed E-state index contributed by atoms with van der Waals surface area (Å²) in [6.45, 7) is 5.02. The zero-order valence-electron chi connectivity index (χ0n) is 16.9. The van der Waals surface area contributed by atoms with Gasteiger partial charge in [0.15, 0.2) is 11.5 Å². The minimum atomic E-state index is -4.73. The summed E-state index contributed by atoms with van der Waals surface area (Å²) in [6, 6.07) is 14.0. The van der Waals surface area contributed by atoms with Crippen LogP contribution in [-0.2, 0) is 5.41 Å². The van der Waals surface area contributed by atoms with E-state index in [1.54, 1.807) is 39.0 Å². The predicted molar refractivity (Wildman–Crippen MR) is 109 cm³/mol. The average Bonchev–Trinajstić information content (AvgIpc) is 2.69. The Hall–Kier alpha value is -3.15. The number of alkyl halides is 3. The number of aromatic hydroxyl groups is 2. The molecule has 2 N–H and O–H groups in total. The molecule has 0 aromatic heterocycles. The first-order valence-electron chi connectivity index (χ1n) is 9.52. The molecule has 0 saturated heterocycles. The molecule has 3 aromatic carbocycles. The van der Waals surface area contributed by atoms with E-state index in [0.717, 1.165) is 0 Å². The number of hydrogen-bond donors (Lipinski definition) is 2. The fraction of sp³-hybridized carbons (Fsp3) is 0.250. The Morgan fingerprint density at radius 1 is 0.800 bits per heavy atom. The van der Waals surface area contributed by atoms with Crippen molar-refractivity contribution in [3.8, 4) is 17.2 Å². The van der Waals surface area contributed by atoms with Crippen molar-refractivity contribution in [2.24, 2.45) is 0 Å². The fourth-order valence-electron chi connectivity index (χ4n) is 3.87. The maximum absolute atomic E-state index is 15.0. The first kappa shape index (κ1) is 21.6. The van der Waals surface area contributed by atoms with Gasteiger partial charge in [-0.1, -0.05) is 48.5 Å². The summed E-state index contributed by atoms with van der Waals surface area (Å²) in [5.74, 6) is -0.293. The second kappa shape index (κ2) is 7.94. The van der Waals surface area contributed by atoms with Gasteiger partial charge in [0.25, 0.3) is 0 Å². The molecular weight excluding hydrogens is 393 g/mol. The van der Waals surface area contributed by atoms with Gasteiger partial charge in [0.1, 0.15) is 11.2 Å². The van der Waals surface area contributed by atoms with E-state index in [1.807, 2.05) is 0 Å². The van der Waals surface area contributed by atoms with Crippen molar-refractivity contribution >= 4 is 0 Å². The van der Waals surface area contributed by atoms with Crippen molar-refractivity contribution < 1.29 is 28.1 Å². The third-order valence-electron chi connectivity index (χ3n) is 5.25. The lowest BCUT2D eigenvalue weighted by Crippen LogP contribution is -2.44. The van der Waals surface area contributed by atoms with Crippen LogP contribution in [0.4, 0.5) is 13.2 Å². The summed E-state index contributed by atoms with van der Waals surface area (Å²) in [4.78, 5) is 0. The van der Waals surface area contributed by atoms with Gasteiger partial charge in [0, 0.05) is 0 Å². The van der Waals surface area contributed by atoms with Crippen LogP contribution in [-0.4, -0.2) is 23.0 Å². The number of benzene rings is 3. The van der Waals surface area contributed by atoms with Crippen LogP contribution < -0.4 is 4.74 Å². The molecule has 0 heterocycles.